The fourth-order valence-electron chi connectivity index (χ4n) is 1.11. The van der Waals surface area contributed by atoms with Crippen molar-refractivity contribution in [1.82, 2.24) is 5.32 Å². The molecule has 0 spiro atoms. The van der Waals surface area contributed by atoms with Gasteiger partial charge in [0.05, 0.1) is 0 Å². The van der Waals surface area contributed by atoms with Crippen LogP contribution < -0.4 is 11.1 Å². The molecular weight excluding hydrogens is 279 g/mol. The van der Waals surface area contributed by atoms with Crippen LogP contribution in [0.5, 0.6) is 0 Å². The largest absolute Gasteiger partial charge is 0.368 e. The molecule has 13 heavy (non-hydrogen) atoms. The van der Waals surface area contributed by atoms with E-state index in [1.807, 2.05) is 30.3 Å². The number of hydrogen-bond donors (Lipinski definition) is 2. The molecule has 3 N–H and O–H groups in total. The van der Waals surface area contributed by atoms with Crippen LogP contribution in [-0.4, -0.2) is 10.5 Å². The van der Waals surface area contributed by atoms with Crippen molar-refractivity contribution in [2.45, 2.75) is 6.04 Å². The minimum absolute atomic E-state index is 0.345. The first-order valence-corrected chi connectivity index (χ1v) is 5.42. The third-order valence-corrected chi connectivity index (χ3v) is 2.14. The van der Waals surface area contributed by atoms with Crippen molar-refractivity contribution < 1.29 is 4.79 Å². The number of nitrogens with two attached hydrogens (primary N) is 1. The van der Waals surface area contributed by atoms with E-state index in [4.69, 9.17) is 5.73 Å². The molecule has 0 aliphatic rings. The molecule has 1 atom stereocenters. The molecule has 0 radical (unpaired) electrons. The second kappa shape index (κ2) is 5.18. The van der Waals surface area contributed by atoms with Crippen molar-refractivity contribution in [2.75, 3.05) is 4.55 Å². The normalized spacial score (nSPS) is 12.4. The molecule has 4 heteroatoms. The molecule has 1 unspecified atom stereocenters. The molecule has 0 aliphatic heterocycles. The van der Waals surface area contributed by atoms with Gasteiger partial charge < -0.3 is 5.73 Å². The number of rotatable bonds is 4. The van der Waals surface area contributed by atoms with Gasteiger partial charge in [-0.15, -0.1) is 0 Å². The first kappa shape index (κ1) is 10.5. The molecule has 1 aromatic rings. The number of carbonyl (C=O) groups excluding carboxylic acids is 1. The Balaban J connectivity index is 2.82. The van der Waals surface area contributed by atoms with Gasteiger partial charge in [0.25, 0.3) is 0 Å². The molecular formula is C9H11IN2O. The van der Waals surface area contributed by atoms with Gasteiger partial charge in [-0.1, -0.05) is 52.9 Å². The molecule has 3 nitrogen and oxygen atoms in total. The summed E-state index contributed by atoms with van der Waals surface area (Å²) in [6.45, 7) is 0. The Morgan fingerprint density at radius 1 is 1.46 bits per heavy atom. The van der Waals surface area contributed by atoms with E-state index in [0.29, 0.717) is 4.55 Å². The van der Waals surface area contributed by atoms with E-state index in [2.05, 4.69) is 27.9 Å². The van der Waals surface area contributed by atoms with E-state index < -0.39 is 0 Å². The fourth-order valence-corrected chi connectivity index (χ4v) is 1.55. The standard InChI is InChI=1S/C9H11IN2O/c10-6-12-8(9(11)13)7-4-2-1-3-5-7/h1-5,8,12H,6H2,(H2,11,13). The van der Waals surface area contributed by atoms with Crippen LogP contribution in [0.2, 0.25) is 0 Å². The first-order chi connectivity index (χ1) is 6.25. The topological polar surface area (TPSA) is 55.1 Å². The third kappa shape index (κ3) is 2.96. The maximum absolute atomic E-state index is 11.0. The number of amides is 1. The molecule has 0 aromatic heterocycles. The highest BCUT2D eigenvalue weighted by atomic mass is 127. The van der Waals surface area contributed by atoms with Gasteiger partial charge in [0.2, 0.25) is 5.91 Å². The summed E-state index contributed by atoms with van der Waals surface area (Å²) in [5.74, 6) is -0.345. The van der Waals surface area contributed by atoms with Crippen molar-refractivity contribution in [3.63, 3.8) is 0 Å². The lowest BCUT2D eigenvalue weighted by atomic mass is 10.1. The van der Waals surface area contributed by atoms with Crippen LogP contribution in [0.3, 0.4) is 0 Å². The molecule has 0 heterocycles. The Hall–Kier alpha value is -0.620. The molecule has 1 rings (SSSR count). The maximum Gasteiger partial charge on any atom is 0.239 e. The highest BCUT2D eigenvalue weighted by Gasteiger charge is 2.15. The van der Waals surface area contributed by atoms with Gasteiger partial charge in [-0.2, -0.15) is 0 Å². The average molecular weight is 290 g/mol. The SMILES string of the molecule is NC(=O)C(NCI)c1ccccc1. The summed E-state index contributed by atoms with van der Waals surface area (Å²) in [4.78, 5) is 11.0. The van der Waals surface area contributed by atoms with Gasteiger partial charge in [-0.05, 0) is 5.56 Å². The highest BCUT2D eigenvalue weighted by Crippen LogP contribution is 2.11. The van der Waals surface area contributed by atoms with Crippen LogP contribution in [0.15, 0.2) is 30.3 Å². The number of hydrogen-bond acceptors (Lipinski definition) is 2. The lowest BCUT2D eigenvalue weighted by Crippen LogP contribution is -2.32. The molecule has 0 saturated heterocycles. The lowest BCUT2D eigenvalue weighted by molar-refractivity contribution is -0.120. The van der Waals surface area contributed by atoms with Crippen LogP contribution in [0.4, 0.5) is 0 Å². The number of nitrogens with one attached hydrogen (secondary N) is 1. The third-order valence-electron chi connectivity index (χ3n) is 1.70. The van der Waals surface area contributed by atoms with Gasteiger partial charge >= 0.3 is 0 Å². The van der Waals surface area contributed by atoms with E-state index in [0.717, 1.165) is 5.56 Å². The van der Waals surface area contributed by atoms with Crippen molar-refractivity contribution in [3.8, 4) is 0 Å². The molecule has 70 valence electrons. The highest BCUT2D eigenvalue weighted by molar-refractivity contribution is 14.1. The molecule has 0 fully saturated rings. The second-order valence-corrected chi connectivity index (χ2v) is 3.35. The van der Waals surface area contributed by atoms with E-state index in [1.54, 1.807) is 0 Å². The molecule has 1 aromatic carbocycles. The van der Waals surface area contributed by atoms with Crippen LogP contribution in [0.25, 0.3) is 0 Å². The quantitative estimate of drug-likeness (QED) is 0.497. The predicted octanol–water partition coefficient (Wildman–Crippen LogP) is 1.20. The van der Waals surface area contributed by atoms with Crippen LogP contribution in [0.1, 0.15) is 11.6 Å². The minimum Gasteiger partial charge on any atom is -0.368 e. The van der Waals surface area contributed by atoms with Crippen LogP contribution in [0, 0.1) is 0 Å². The molecule has 0 saturated carbocycles. The molecule has 0 aliphatic carbocycles. The number of primary amides is 1. The number of benzene rings is 1. The van der Waals surface area contributed by atoms with Crippen LogP contribution >= 0.6 is 22.6 Å². The minimum atomic E-state index is -0.377. The lowest BCUT2D eigenvalue weighted by Gasteiger charge is -2.13. The van der Waals surface area contributed by atoms with Crippen molar-refractivity contribution in [2.24, 2.45) is 5.73 Å². The summed E-state index contributed by atoms with van der Waals surface area (Å²) in [5.41, 5.74) is 6.16. The van der Waals surface area contributed by atoms with E-state index >= 15 is 0 Å². The second-order valence-electron chi connectivity index (χ2n) is 2.58. The summed E-state index contributed by atoms with van der Waals surface area (Å²) in [6.07, 6.45) is 0. The van der Waals surface area contributed by atoms with Gasteiger partial charge in [-0.25, -0.2) is 0 Å². The van der Waals surface area contributed by atoms with Crippen molar-refractivity contribution in [3.05, 3.63) is 35.9 Å². The Labute approximate surface area is 90.8 Å². The Bertz CT molecular complexity index is 276. The van der Waals surface area contributed by atoms with E-state index in [9.17, 15) is 4.79 Å². The van der Waals surface area contributed by atoms with Crippen molar-refractivity contribution in [1.29, 1.82) is 0 Å². The number of halogens is 1. The maximum atomic E-state index is 11.0. The van der Waals surface area contributed by atoms with E-state index in [1.165, 1.54) is 0 Å². The van der Waals surface area contributed by atoms with Crippen molar-refractivity contribution >= 4 is 28.5 Å². The predicted molar refractivity (Wildman–Crippen MR) is 60.4 cm³/mol. The summed E-state index contributed by atoms with van der Waals surface area (Å²) >= 11 is 2.14. The summed E-state index contributed by atoms with van der Waals surface area (Å²) in [5, 5.41) is 3.01. The van der Waals surface area contributed by atoms with E-state index in [-0.39, 0.29) is 11.9 Å². The Morgan fingerprint density at radius 3 is 2.54 bits per heavy atom. The summed E-state index contributed by atoms with van der Waals surface area (Å²) < 4.78 is 0.695. The number of alkyl halides is 1. The van der Waals surface area contributed by atoms with Gasteiger partial charge in [-0.3, -0.25) is 10.1 Å². The Morgan fingerprint density at radius 2 is 2.08 bits per heavy atom. The smallest absolute Gasteiger partial charge is 0.239 e. The first-order valence-electron chi connectivity index (χ1n) is 3.89. The number of carbonyl (C=O) groups is 1. The summed E-state index contributed by atoms with van der Waals surface area (Å²) in [7, 11) is 0. The zero-order chi connectivity index (χ0) is 9.68. The Kier molecular flexibility index (Phi) is 4.17. The zero-order valence-electron chi connectivity index (χ0n) is 7.03. The average Bonchev–Trinajstić information content (AvgIpc) is 2.15. The molecule has 0 bridgehead atoms. The van der Waals surface area contributed by atoms with Gasteiger partial charge in [0.1, 0.15) is 6.04 Å². The monoisotopic (exact) mass is 290 g/mol. The molecule has 1 amide bonds. The summed E-state index contributed by atoms with van der Waals surface area (Å²) in [6, 6.07) is 9.08. The van der Waals surface area contributed by atoms with Gasteiger partial charge in [0, 0.05) is 4.55 Å². The van der Waals surface area contributed by atoms with Crippen LogP contribution in [-0.2, 0) is 4.79 Å². The zero-order valence-corrected chi connectivity index (χ0v) is 9.19. The van der Waals surface area contributed by atoms with Gasteiger partial charge in [0.15, 0.2) is 0 Å². The fraction of sp³-hybridized carbons (Fsp3) is 0.222.